The van der Waals surface area contributed by atoms with Crippen molar-refractivity contribution in [2.45, 2.75) is 30.9 Å². The van der Waals surface area contributed by atoms with Crippen LogP contribution in [0.4, 0.5) is 4.79 Å². The first-order valence-corrected chi connectivity index (χ1v) is 9.30. The number of hydrogen-bond acceptors (Lipinski definition) is 3. The van der Waals surface area contributed by atoms with E-state index in [2.05, 4.69) is 28.1 Å². The minimum atomic E-state index is -0.277. The fraction of sp³-hybridized carbons (Fsp3) is 0.350. The second-order valence-corrected chi connectivity index (χ2v) is 7.56. The highest BCUT2D eigenvalue weighted by molar-refractivity contribution is 9.10. The van der Waals surface area contributed by atoms with Gasteiger partial charge in [0.25, 0.3) is 0 Å². The molecule has 0 aromatic heterocycles. The van der Waals surface area contributed by atoms with Gasteiger partial charge in [-0.2, -0.15) is 0 Å². The highest BCUT2D eigenvalue weighted by atomic mass is 79.9. The summed E-state index contributed by atoms with van der Waals surface area (Å²) in [4.78, 5) is 14.6. The lowest BCUT2D eigenvalue weighted by Gasteiger charge is -2.45. The van der Waals surface area contributed by atoms with Crippen LogP contribution >= 0.6 is 15.9 Å². The number of hydrogen-bond donors (Lipinski definition) is 0. The molecular formula is C20H20BrNO3. The Balaban J connectivity index is 1.71. The molecule has 4 rings (SSSR count). The van der Waals surface area contributed by atoms with E-state index in [-0.39, 0.29) is 17.7 Å². The number of rotatable bonds is 3. The van der Waals surface area contributed by atoms with Gasteiger partial charge >= 0.3 is 6.09 Å². The van der Waals surface area contributed by atoms with Crippen LogP contribution in [0.5, 0.6) is 5.75 Å². The third kappa shape index (κ3) is 2.80. The molecule has 0 saturated carbocycles. The summed E-state index contributed by atoms with van der Waals surface area (Å²) in [5.41, 5.74) is 1.92. The van der Waals surface area contributed by atoms with E-state index in [4.69, 9.17) is 9.47 Å². The maximum Gasteiger partial charge on any atom is 0.411 e. The van der Waals surface area contributed by atoms with E-state index in [1.165, 1.54) is 5.56 Å². The van der Waals surface area contributed by atoms with Crippen molar-refractivity contribution in [3.8, 4) is 5.75 Å². The lowest BCUT2D eigenvalue weighted by atomic mass is 9.80. The third-order valence-electron chi connectivity index (χ3n) is 5.34. The Hall–Kier alpha value is -2.01. The zero-order chi connectivity index (χ0) is 17.4. The first kappa shape index (κ1) is 16.5. The van der Waals surface area contributed by atoms with Gasteiger partial charge in [0, 0.05) is 17.4 Å². The quantitative estimate of drug-likeness (QED) is 0.723. The van der Waals surface area contributed by atoms with Gasteiger partial charge in [-0.05, 0) is 48.2 Å². The molecule has 2 heterocycles. The van der Waals surface area contributed by atoms with Crippen molar-refractivity contribution >= 4 is 22.0 Å². The molecule has 25 heavy (non-hydrogen) atoms. The van der Waals surface area contributed by atoms with Crippen LogP contribution in [0.2, 0.25) is 0 Å². The normalized spacial score (nSPS) is 25.4. The van der Waals surface area contributed by atoms with E-state index in [1.54, 1.807) is 7.11 Å². The molecule has 0 aliphatic carbocycles. The first-order valence-electron chi connectivity index (χ1n) is 8.51. The van der Waals surface area contributed by atoms with Gasteiger partial charge in [-0.1, -0.05) is 40.2 Å². The van der Waals surface area contributed by atoms with Crippen molar-refractivity contribution in [1.29, 1.82) is 0 Å². The number of carbonyl (C=O) groups is 1. The Morgan fingerprint density at radius 3 is 2.56 bits per heavy atom. The van der Waals surface area contributed by atoms with E-state index in [0.29, 0.717) is 0 Å². The van der Waals surface area contributed by atoms with Crippen LogP contribution in [-0.2, 0) is 10.3 Å². The van der Waals surface area contributed by atoms with Crippen LogP contribution in [0.1, 0.15) is 36.5 Å². The maximum absolute atomic E-state index is 12.7. The summed E-state index contributed by atoms with van der Waals surface area (Å²) in [5, 5.41) is 0. The van der Waals surface area contributed by atoms with Gasteiger partial charge in [0.2, 0.25) is 0 Å². The van der Waals surface area contributed by atoms with Gasteiger partial charge in [-0.3, -0.25) is 4.90 Å². The summed E-state index contributed by atoms with van der Waals surface area (Å²) in [5.74, 6) is 0.802. The van der Waals surface area contributed by atoms with Gasteiger partial charge in [-0.25, -0.2) is 4.79 Å². The van der Waals surface area contributed by atoms with E-state index in [1.807, 2.05) is 41.3 Å². The molecule has 1 amide bonds. The van der Waals surface area contributed by atoms with Crippen LogP contribution in [0.3, 0.4) is 0 Å². The first-order chi connectivity index (χ1) is 12.1. The largest absolute Gasteiger partial charge is 0.497 e. The molecule has 0 spiro atoms. The molecule has 2 atom stereocenters. The second-order valence-electron chi connectivity index (χ2n) is 6.64. The van der Waals surface area contributed by atoms with Crippen LogP contribution in [-0.4, -0.2) is 24.6 Å². The Bertz CT molecular complexity index is 775. The predicted molar refractivity (Wildman–Crippen MR) is 98.6 cm³/mol. The van der Waals surface area contributed by atoms with Gasteiger partial charge < -0.3 is 9.47 Å². The fourth-order valence-electron chi connectivity index (χ4n) is 4.07. The fourth-order valence-corrected chi connectivity index (χ4v) is 4.34. The van der Waals surface area contributed by atoms with Gasteiger partial charge in [0.05, 0.1) is 12.6 Å². The summed E-state index contributed by atoms with van der Waals surface area (Å²) in [6, 6.07) is 16.1. The summed E-state index contributed by atoms with van der Waals surface area (Å²) in [6.45, 7) is 0.754. The molecule has 2 aliphatic heterocycles. The molecule has 0 N–H and O–H groups in total. The molecule has 2 fully saturated rings. The van der Waals surface area contributed by atoms with Gasteiger partial charge in [0.1, 0.15) is 11.9 Å². The number of halogens is 1. The Labute approximate surface area is 155 Å². The number of cyclic esters (lactones) is 1. The number of carbonyl (C=O) groups excluding carboxylic acids is 1. The zero-order valence-electron chi connectivity index (χ0n) is 14.1. The van der Waals surface area contributed by atoms with Crippen LogP contribution in [0, 0.1) is 0 Å². The lowest BCUT2D eigenvalue weighted by Crippen LogP contribution is -2.50. The molecule has 2 aromatic carbocycles. The van der Waals surface area contributed by atoms with Crippen LogP contribution in [0.15, 0.2) is 53.0 Å². The molecule has 2 aliphatic rings. The molecule has 2 aromatic rings. The molecule has 4 nitrogen and oxygen atoms in total. The van der Waals surface area contributed by atoms with Crippen LogP contribution < -0.4 is 4.74 Å². The SMILES string of the molecule is COc1ccc([C@@H]2C[C@]3(c4ccc(Br)cc4)CCCN3C(=O)O2)cc1. The Morgan fingerprint density at radius 2 is 1.88 bits per heavy atom. The molecule has 0 radical (unpaired) electrons. The summed E-state index contributed by atoms with van der Waals surface area (Å²) < 4.78 is 12.0. The van der Waals surface area contributed by atoms with Crippen molar-refractivity contribution in [3.05, 3.63) is 64.1 Å². The van der Waals surface area contributed by atoms with Crippen molar-refractivity contribution < 1.29 is 14.3 Å². The molecule has 5 heteroatoms. The monoisotopic (exact) mass is 401 g/mol. The number of amides is 1. The topological polar surface area (TPSA) is 38.8 Å². The van der Waals surface area contributed by atoms with Crippen molar-refractivity contribution in [2.75, 3.05) is 13.7 Å². The third-order valence-corrected chi connectivity index (χ3v) is 5.87. The molecule has 130 valence electrons. The summed E-state index contributed by atoms with van der Waals surface area (Å²) in [7, 11) is 1.65. The Morgan fingerprint density at radius 1 is 1.16 bits per heavy atom. The van der Waals surface area contributed by atoms with Crippen LogP contribution in [0.25, 0.3) is 0 Å². The summed E-state index contributed by atoms with van der Waals surface area (Å²) >= 11 is 3.50. The number of benzene rings is 2. The molecule has 2 saturated heterocycles. The number of nitrogens with zero attached hydrogens (tertiary/aromatic N) is 1. The van der Waals surface area contributed by atoms with E-state index in [0.717, 1.165) is 41.6 Å². The highest BCUT2D eigenvalue weighted by Crippen LogP contribution is 2.49. The number of ether oxygens (including phenoxy) is 2. The van der Waals surface area contributed by atoms with E-state index < -0.39 is 0 Å². The summed E-state index contributed by atoms with van der Waals surface area (Å²) in [6.07, 6.45) is 2.28. The van der Waals surface area contributed by atoms with Gasteiger partial charge in [0.15, 0.2) is 0 Å². The molecule has 0 bridgehead atoms. The average Bonchev–Trinajstić information content (AvgIpc) is 3.08. The molecule has 0 unspecified atom stereocenters. The minimum absolute atomic E-state index is 0.215. The number of fused-ring (bicyclic) bond motifs is 1. The van der Waals surface area contributed by atoms with Crippen molar-refractivity contribution in [2.24, 2.45) is 0 Å². The minimum Gasteiger partial charge on any atom is -0.497 e. The maximum atomic E-state index is 12.7. The van der Waals surface area contributed by atoms with E-state index in [9.17, 15) is 4.79 Å². The molecular weight excluding hydrogens is 382 g/mol. The van der Waals surface area contributed by atoms with Gasteiger partial charge in [-0.15, -0.1) is 0 Å². The number of methoxy groups -OCH3 is 1. The zero-order valence-corrected chi connectivity index (χ0v) is 15.7. The predicted octanol–water partition coefficient (Wildman–Crippen LogP) is 5.03. The second kappa shape index (κ2) is 6.37. The standard InChI is InChI=1S/C20H20BrNO3/c1-24-17-9-3-14(4-10-17)18-13-20(15-5-7-16(21)8-6-15)11-2-12-22(20)19(23)25-18/h3-10,18H,2,11-13H2,1H3/t18-,20-/m0/s1. The van der Waals surface area contributed by atoms with E-state index >= 15 is 0 Å². The average molecular weight is 402 g/mol. The van der Waals surface area contributed by atoms with Crippen molar-refractivity contribution in [3.63, 3.8) is 0 Å². The lowest BCUT2D eigenvalue weighted by molar-refractivity contribution is -0.0310. The van der Waals surface area contributed by atoms with Crippen molar-refractivity contribution in [1.82, 2.24) is 4.90 Å². The smallest absolute Gasteiger partial charge is 0.411 e. The Kier molecular flexibility index (Phi) is 4.20. The highest BCUT2D eigenvalue weighted by Gasteiger charge is 2.51.